The van der Waals surface area contributed by atoms with Crippen LogP contribution in [-0.4, -0.2) is 54.1 Å². The summed E-state index contributed by atoms with van der Waals surface area (Å²) in [7, 11) is 2.00. The molecule has 21 heavy (non-hydrogen) atoms. The standard InChI is InChI=1S/C17H27NO3/c1-14(16(19)15-6-4-3-5-7-15)12-18(2)13-17(20)8-10-21-11-9-17/h3-7,14,16,19-20H,8-13H2,1-2H3. The van der Waals surface area contributed by atoms with Crippen LogP contribution in [0.5, 0.6) is 0 Å². The third kappa shape index (κ3) is 4.78. The van der Waals surface area contributed by atoms with Crippen LogP contribution in [0.4, 0.5) is 0 Å². The molecule has 4 heteroatoms. The van der Waals surface area contributed by atoms with Gasteiger partial charge in [0.2, 0.25) is 0 Å². The molecule has 1 heterocycles. The summed E-state index contributed by atoms with van der Waals surface area (Å²) in [6.45, 7) is 4.68. The molecule has 0 radical (unpaired) electrons. The molecular weight excluding hydrogens is 266 g/mol. The Balaban J connectivity index is 1.85. The van der Waals surface area contributed by atoms with E-state index >= 15 is 0 Å². The van der Waals surface area contributed by atoms with Gasteiger partial charge in [-0.05, 0) is 18.5 Å². The molecular formula is C17H27NO3. The Hall–Kier alpha value is -0.940. The summed E-state index contributed by atoms with van der Waals surface area (Å²) in [5.74, 6) is 0.112. The number of aliphatic hydroxyl groups excluding tert-OH is 1. The first-order valence-corrected chi connectivity index (χ1v) is 7.72. The fraction of sp³-hybridized carbons (Fsp3) is 0.647. The van der Waals surface area contributed by atoms with Crippen molar-refractivity contribution in [3.8, 4) is 0 Å². The summed E-state index contributed by atoms with van der Waals surface area (Å²) in [6.07, 6.45) is 0.901. The highest BCUT2D eigenvalue weighted by molar-refractivity contribution is 5.17. The topological polar surface area (TPSA) is 52.9 Å². The van der Waals surface area contributed by atoms with Gasteiger partial charge in [0.05, 0.1) is 11.7 Å². The molecule has 0 amide bonds. The van der Waals surface area contributed by atoms with Crippen molar-refractivity contribution in [2.24, 2.45) is 5.92 Å². The van der Waals surface area contributed by atoms with Crippen LogP contribution < -0.4 is 0 Å². The van der Waals surface area contributed by atoms with Crippen LogP contribution in [0.3, 0.4) is 0 Å². The van der Waals surface area contributed by atoms with Gasteiger partial charge in [-0.1, -0.05) is 37.3 Å². The van der Waals surface area contributed by atoms with Crippen LogP contribution in [0, 0.1) is 5.92 Å². The molecule has 2 N–H and O–H groups in total. The van der Waals surface area contributed by atoms with E-state index in [1.54, 1.807) is 0 Å². The summed E-state index contributed by atoms with van der Waals surface area (Å²) in [5.41, 5.74) is 0.299. The van der Waals surface area contributed by atoms with Crippen molar-refractivity contribution in [3.63, 3.8) is 0 Å². The molecule has 1 aliphatic heterocycles. The molecule has 1 fully saturated rings. The second kappa shape index (κ2) is 7.36. The summed E-state index contributed by atoms with van der Waals surface area (Å²) in [6, 6.07) is 9.74. The molecule has 2 atom stereocenters. The summed E-state index contributed by atoms with van der Waals surface area (Å²) in [4.78, 5) is 2.11. The first-order chi connectivity index (χ1) is 10.0. The highest BCUT2D eigenvalue weighted by atomic mass is 16.5. The monoisotopic (exact) mass is 293 g/mol. The van der Waals surface area contributed by atoms with Crippen molar-refractivity contribution in [2.45, 2.75) is 31.5 Å². The van der Waals surface area contributed by atoms with Crippen LogP contribution in [0.1, 0.15) is 31.4 Å². The highest BCUT2D eigenvalue weighted by Gasteiger charge is 2.31. The number of ether oxygens (including phenoxy) is 1. The molecule has 1 aromatic rings. The van der Waals surface area contributed by atoms with Gasteiger partial charge in [0.1, 0.15) is 0 Å². The van der Waals surface area contributed by atoms with Crippen molar-refractivity contribution in [2.75, 3.05) is 33.4 Å². The van der Waals surface area contributed by atoms with Gasteiger partial charge in [0.25, 0.3) is 0 Å². The third-order valence-electron chi connectivity index (χ3n) is 4.27. The van der Waals surface area contributed by atoms with Gasteiger partial charge in [-0.2, -0.15) is 0 Å². The summed E-state index contributed by atoms with van der Waals surface area (Å²) >= 11 is 0. The zero-order valence-corrected chi connectivity index (χ0v) is 13.0. The summed E-state index contributed by atoms with van der Waals surface area (Å²) < 4.78 is 5.31. The number of aliphatic hydroxyl groups is 2. The van der Waals surface area contributed by atoms with Crippen molar-refractivity contribution in [1.29, 1.82) is 0 Å². The van der Waals surface area contributed by atoms with Crippen molar-refractivity contribution in [3.05, 3.63) is 35.9 Å². The zero-order chi connectivity index (χ0) is 15.3. The number of nitrogens with zero attached hydrogens (tertiary/aromatic N) is 1. The minimum Gasteiger partial charge on any atom is -0.388 e. The molecule has 118 valence electrons. The molecule has 0 aromatic heterocycles. The molecule has 0 saturated carbocycles. The predicted molar refractivity (Wildman–Crippen MR) is 83.1 cm³/mol. The second-order valence-electron chi connectivity index (χ2n) is 6.37. The van der Waals surface area contributed by atoms with E-state index in [1.165, 1.54) is 0 Å². The molecule has 0 bridgehead atoms. The fourth-order valence-corrected chi connectivity index (χ4v) is 3.05. The average molecular weight is 293 g/mol. The molecule has 2 rings (SSSR count). The summed E-state index contributed by atoms with van der Waals surface area (Å²) in [5, 5.41) is 20.9. The van der Waals surface area contributed by atoms with E-state index in [9.17, 15) is 10.2 Å². The smallest absolute Gasteiger partial charge is 0.0827 e. The van der Waals surface area contributed by atoms with E-state index in [-0.39, 0.29) is 5.92 Å². The van der Waals surface area contributed by atoms with Crippen molar-refractivity contribution < 1.29 is 14.9 Å². The van der Waals surface area contributed by atoms with Gasteiger partial charge < -0.3 is 19.8 Å². The molecule has 0 aliphatic carbocycles. The van der Waals surface area contributed by atoms with E-state index in [2.05, 4.69) is 4.90 Å². The molecule has 4 nitrogen and oxygen atoms in total. The molecule has 0 spiro atoms. The Bertz CT molecular complexity index is 417. The lowest BCUT2D eigenvalue weighted by Gasteiger charge is -2.36. The maximum Gasteiger partial charge on any atom is 0.0827 e. The molecule has 2 unspecified atom stereocenters. The first kappa shape index (κ1) is 16.4. The third-order valence-corrected chi connectivity index (χ3v) is 4.27. The zero-order valence-electron chi connectivity index (χ0n) is 13.0. The number of benzene rings is 1. The minimum atomic E-state index is -0.648. The number of hydrogen-bond donors (Lipinski definition) is 2. The van der Waals surface area contributed by atoms with Crippen LogP contribution in [-0.2, 0) is 4.74 Å². The lowest BCUT2D eigenvalue weighted by molar-refractivity contribution is -0.0795. The largest absolute Gasteiger partial charge is 0.388 e. The lowest BCUT2D eigenvalue weighted by atomic mass is 9.92. The Kier molecular flexibility index (Phi) is 5.76. The molecule has 1 saturated heterocycles. The Morgan fingerprint density at radius 3 is 2.48 bits per heavy atom. The number of hydrogen-bond acceptors (Lipinski definition) is 4. The molecule has 1 aromatic carbocycles. The Labute approximate surface area is 127 Å². The van der Waals surface area contributed by atoms with Gasteiger partial charge in [0, 0.05) is 39.1 Å². The lowest BCUT2D eigenvalue weighted by Crippen LogP contribution is -2.46. The number of rotatable bonds is 6. The molecule has 1 aliphatic rings. The quantitative estimate of drug-likeness (QED) is 0.840. The van der Waals surface area contributed by atoms with Crippen molar-refractivity contribution >= 4 is 0 Å². The highest BCUT2D eigenvalue weighted by Crippen LogP contribution is 2.25. The number of likely N-dealkylation sites (N-methyl/N-ethyl adjacent to an activating group) is 1. The van der Waals surface area contributed by atoms with Gasteiger partial charge >= 0.3 is 0 Å². The average Bonchev–Trinajstić information content (AvgIpc) is 2.47. The van der Waals surface area contributed by atoms with E-state index < -0.39 is 11.7 Å². The van der Waals surface area contributed by atoms with Crippen LogP contribution in [0.2, 0.25) is 0 Å². The van der Waals surface area contributed by atoms with Crippen LogP contribution in [0.15, 0.2) is 30.3 Å². The Morgan fingerprint density at radius 2 is 1.86 bits per heavy atom. The fourth-order valence-electron chi connectivity index (χ4n) is 3.05. The van der Waals surface area contributed by atoms with E-state index in [4.69, 9.17) is 4.74 Å². The SMILES string of the molecule is CC(CN(C)CC1(O)CCOCC1)C(O)c1ccccc1. The van der Waals surface area contributed by atoms with Gasteiger partial charge in [-0.25, -0.2) is 0 Å². The predicted octanol–water partition coefficient (Wildman–Crippen LogP) is 1.83. The first-order valence-electron chi connectivity index (χ1n) is 7.72. The maximum atomic E-state index is 10.5. The maximum absolute atomic E-state index is 10.5. The van der Waals surface area contributed by atoms with E-state index in [0.717, 1.165) is 12.1 Å². The Morgan fingerprint density at radius 1 is 1.24 bits per heavy atom. The van der Waals surface area contributed by atoms with Gasteiger partial charge in [-0.3, -0.25) is 0 Å². The second-order valence-corrected chi connectivity index (χ2v) is 6.37. The van der Waals surface area contributed by atoms with Crippen LogP contribution >= 0.6 is 0 Å². The van der Waals surface area contributed by atoms with E-state index in [1.807, 2.05) is 44.3 Å². The van der Waals surface area contributed by atoms with Crippen LogP contribution in [0.25, 0.3) is 0 Å². The normalized spacial score (nSPS) is 21.2. The van der Waals surface area contributed by atoms with E-state index in [0.29, 0.717) is 32.6 Å². The van der Waals surface area contributed by atoms with Crippen molar-refractivity contribution in [1.82, 2.24) is 4.90 Å². The minimum absolute atomic E-state index is 0.112. The van der Waals surface area contributed by atoms with Gasteiger partial charge in [-0.15, -0.1) is 0 Å². The van der Waals surface area contributed by atoms with Gasteiger partial charge in [0.15, 0.2) is 0 Å².